The number of hydrogen-bond donors (Lipinski definition) is 1. The van der Waals surface area contributed by atoms with Crippen molar-refractivity contribution >= 4 is 23.2 Å². The highest BCUT2D eigenvalue weighted by molar-refractivity contribution is 7.13. The van der Waals surface area contributed by atoms with E-state index in [1.54, 1.807) is 0 Å². The summed E-state index contributed by atoms with van der Waals surface area (Å²) in [6.07, 6.45) is -4.21. The molecule has 6 nitrogen and oxygen atoms in total. The molecule has 104 valence electrons. The van der Waals surface area contributed by atoms with Gasteiger partial charge < -0.3 is 10.0 Å². The Kier molecular flexibility index (Phi) is 3.43. The second kappa shape index (κ2) is 4.76. The van der Waals surface area contributed by atoms with Gasteiger partial charge in [-0.1, -0.05) is 11.3 Å². The molecule has 1 aromatic heterocycles. The fourth-order valence-electron chi connectivity index (χ4n) is 1.89. The molecule has 0 saturated carbocycles. The minimum Gasteiger partial charge on any atom is -0.476 e. The number of rotatable bonds is 2. The smallest absolute Gasteiger partial charge is 0.471 e. The summed E-state index contributed by atoms with van der Waals surface area (Å²) in [6, 6.07) is -0.847. The highest BCUT2D eigenvalue weighted by atomic mass is 32.1. The molecule has 1 unspecified atom stereocenters. The Balaban J connectivity index is 2.23. The van der Waals surface area contributed by atoms with Crippen molar-refractivity contribution in [2.24, 2.45) is 0 Å². The third-order valence-electron chi connectivity index (χ3n) is 2.66. The van der Waals surface area contributed by atoms with E-state index in [0.29, 0.717) is 29.1 Å². The molecule has 1 aliphatic rings. The van der Waals surface area contributed by atoms with Crippen LogP contribution in [0.3, 0.4) is 0 Å². The van der Waals surface area contributed by atoms with E-state index in [1.807, 2.05) is 0 Å². The number of amides is 1. The molecule has 0 radical (unpaired) electrons. The van der Waals surface area contributed by atoms with Crippen molar-refractivity contribution in [2.45, 2.75) is 25.1 Å². The van der Waals surface area contributed by atoms with E-state index in [-0.39, 0.29) is 16.6 Å². The number of carbonyl (C=O) groups excluding carboxylic acids is 1. The second-order valence-electron chi connectivity index (χ2n) is 3.90. The maximum absolute atomic E-state index is 12.4. The van der Waals surface area contributed by atoms with Gasteiger partial charge in [0.1, 0.15) is 5.01 Å². The number of halogens is 3. The van der Waals surface area contributed by atoms with Gasteiger partial charge in [0.2, 0.25) is 5.01 Å². The van der Waals surface area contributed by atoms with E-state index < -0.39 is 24.1 Å². The molecule has 1 aromatic rings. The molecule has 0 bridgehead atoms. The quantitative estimate of drug-likeness (QED) is 0.893. The van der Waals surface area contributed by atoms with Gasteiger partial charge in [-0.25, -0.2) is 4.79 Å². The molecule has 2 heterocycles. The SMILES string of the molecule is O=C(O)c1nnc(C2CCCN2C(=O)C(F)(F)F)s1. The number of aromatic nitrogens is 2. The number of carboxylic acid groups (broad SMARTS) is 1. The van der Waals surface area contributed by atoms with Gasteiger partial charge >= 0.3 is 18.1 Å². The van der Waals surface area contributed by atoms with Crippen LogP contribution in [0.25, 0.3) is 0 Å². The first kappa shape index (κ1) is 13.7. The van der Waals surface area contributed by atoms with E-state index in [2.05, 4.69) is 10.2 Å². The van der Waals surface area contributed by atoms with Gasteiger partial charge in [-0.15, -0.1) is 10.2 Å². The monoisotopic (exact) mass is 295 g/mol. The highest BCUT2D eigenvalue weighted by Gasteiger charge is 2.47. The number of aromatic carboxylic acids is 1. The van der Waals surface area contributed by atoms with Crippen molar-refractivity contribution in [3.63, 3.8) is 0 Å². The Morgan fingerprint density at radius 2 is 2.05 bits per heavy atom. The fraction of sp³-hybridized carbons (Fsp3) is 0.556. The van der Waals surface area contributed by atoms with E-state index in [1.165, 1.54) is 0 Å². The minimum absolute atomic E-state index is 0.0228. The van der Waals surface area contributed by atoms with Gasteiger partial charge in [0.05, 0.1) is 6.04 Å². The van der Waals surface area contributed by atoms with Gasteiger partial charge in [0.15, 0.2) is 0 Å². The average Bonchev–Trinajstić information content (AvgIpc) is 2.95. The number of likely N-dealkylation sites (tertiary alicyclic amines) is 1. The Labute approximate surface area is 108 Å². The Bertz CT molecular complexity index is 516. The molecule has 0 spiro atoms. The van der Waals surface area contributed by atoms with Crippen LogP contribution in [0.5, 0.6) is 0 Å². The second-order valence-corrected chi connectivity index (χ2v) is 4.91. The predicted octanol–water partition coefficient (Wildman–Crippen LogP) is 1.46. The van der Waals surface area contributed by atoms with Crippen molar-refractivity contribution < 1.29 is 27.9 Å². The van der Waals surface area contributed by atoms with Crippen LogP contribution < -0.4 is 0 Å². The number of carbonyl (C=O) groups is 2. The molecule has 1 saturated heterocycles. The molecular formula is C9H8F3N3O3S. The molecule has 1 amide bonds. The topological polar surface area (TPSA) is 83.4 Å². The molecule has 1 N–H and O–H groups in total. The van der Waals surface area contributed by atoms with Gasteiger partial charge in [-0.3, -0.25) is 4.79 Å². The van der Waals surface area contributed by atoms with Crippen molar-refractivity contribution in [3.05, 3.63) is 10.0 Å². The summed E-state index contributed by atoms with van der Waals surface area (Å²) in [5.74, 6) is -3.22. The Hall–Kier alpha value is -1.71. The van der Waals surface area contributed by atoms with Crippen LogP contribution in [0.1, 0.15) is 33.7 Å². The maximum Gasteiger partial charge on any atom is 0.471 e. The van der Waals surface area contributed by atoms with Crippen molar-refractivity contribution in [1.29, 1.82) is 0 Å². The molecular weight excluding hydrogens is 287 g/mol. The lowest BCUT2D eigenvalue weighted by Gasteiger charge is -2.23. The summed E-state index contributed by atoms with van der Waals surface area (Å²) in [5, 5.41) is 15.4. The lowest BCUT2D eigenvalue weighted by Crippen LogP contribution is -2.40. The molecule has 10 heteroatoms. The number of carboxylic acids is 1. The van der Waals surface area contributed by atoms with Gasteiger partial charge in [-0.05, 0) is 12.8 Å². The lowest BCUT2D eigenvalue weighted by molar-refractivity contribution is -0.186. The average molecular weight is 295 g/mol. The zero-order chi connectivity index (χ0) is 14.2. The third kappa shape index (κ3) is 2.67. The lowest BCUT2D eigenvalue weighted by atomic mass is 10.2. The molecule has 1 fully saturated rings. The zero-order valence-electron chi connectivity index (χ0n) is 9.35. The van der Waals surface area contributed by atoms with Crippen molar-refractivity contribution in [3.8, 4) is 0 Å². The van der Waals surface area contributed by atoms with Gasteiger partial charge in [0, 0.05) is 6.54 Å². The van der Waals surface area contributed by atoms with E-state index >= 15 is 0 Å². The predicted molar refractivity (Wildman–Crippen MR) is 56.6 cm³/mol. The van der Waals surface area contributed by atoms with Crippen molar-refractivity contribution in [1.82, 2.24) is 15.1 Å². The molecule has 19 heavy (non-hydrogen) atoms. The summed E-state index contributed by atoms with van der Waals surface area (Å²) in [4.78, 5) is 22.6. The molecule has 0 aromatic carbocycles. The Morgan fingerprint density at radius 3 is 2.58 bits per heavy atom. The van der Waals surface area contributed by atoms with Crippen LogP contribution in [-0.2, 0) is 4.79 Å². The summed E-state index contributed by atoms with van der Waals surface area (Å²) < 4.78 is 37.2. The van der Waals surface area contributed by atoms with Gasteiger partial charge in [-0.2, -0.15) is 13.2 Å². The summed E-state index contributed by atoms with van der Waals surface area (Å²) in [6.45, 7) is -0.0228. The summed E-state index contributed by atoms with van der Waals surface area (Å²) >= 11 is 0.687. The fourth-order valence-corrected chi connectivity index (χ4v) is 2.71. The van der Waals surface area contributed by atoms with Crippen LogP contribution >= 0.6 is 11.3 Å². The molecule has 0 aliphatic carbocycles. The van der Waals surface area contributed by atoms with Crippen LogP contribution in [0.2, 0.25) is 0 Å². The normalized spacial score (nSPS) is 19.7. The van der Waals surface area contributed by atoms with Crippen LogP contribution in [-0.4, -0.2) is 44.8 Å². The van der Waals surface area contributed by atoms with Gasteiger partial charge in [0.25, 0.3) is 0 Å². The minimum atomic E-state index is -4.94. The van der Waals surface area contributed by atoms with Crippen LogP contribution in [0.15, 0.2) is 0 Å². The number of alkyl halides is 3. The van der Waals surface area contributed by atoms with Crippen LogP contribution in [0.4, 0.5) is 13.2 Å². The first-order valence-corrected chi connectivity index (χ1v) is 6.07. The largest absolute Gasteiger partial charge is 0.476 e. The number of hydrogen-bond acceptors (Lipinski definition) is 5. The van der Waals surface area contributed by atoms with Crippen molar-refractivity contribution in [2.75, 3.05) is 6.54 Å². The van der Waals surface area contributed by atoms with E-state index in [0.717, 1.165) is 0 Å². The highest BCUT2D eigenvalue weighted by Crippen LogP contribution is 2.36. The van der Waals surface area contributed by atoms with Crippen LogP contribution in [0, 0.1) is 0 Å². The molecule has 1 aliphatic heterocycles. The Morgan fingerprint density at radius 1 is 1.37 bits per heavy atom. The summed E-state index contributed by atoms with van der Waals surface area (Å²) in [5.41, 5.74) is 0. The van der Waals surface area contributed by atoms with E-state index in [4.69, 9.17) is 5.11 Å². The summed E-state index contributed by atoms with van der Waals surface area (Å²) in [7, 11) is 0. The molecule has 1 atom stereocenters. The first-order chi connectivity index (χ1) is 8.80. The first-order valence-electron chi connectivity index (χ1n) is 5.25. The maximum atomic E-state index is 12.4. The number of nitrogens with zero attached hydrogens (tertiary/aromatic N) is 3. The standard InChI is InChI=1S/C9H8F3N3O3S/c10-9(11,12)8(18)15-3-1-2-4(15)5-13-14-6(19-5)7(16)17/h4H,1-3H2,(H,16,17). The van der Waals surface area contributed by atoms with E-state index in [9.17, 15) is 22.8 Å². The zero-order valence-corrected chi connectivity index (χ0v) is 10.2. The molecule has 2 rings (SSSR count). The third-order valence-corrected chi connectivity index (χ3v) is 3.68.